The Morgan fingerprint density at radius 2 is 2.00 bits per heavy atom. The molecule has 16 heavy (non-hydrogen) atoms. The quantitative estimate of drug-likeness (QED) is 0.858. The van der Waals surface area contributed by atoms with Gasteiger partial charge in [-0.25, -0.2) is 4.39 Å². The normalized spacial score (nSPS) is 11.7. The van der Waals surface area contributed by atoms with Crippen molar-refractivity contribution in [3.8, 4) is 5.75 Å². The van der Waals surface area contributed by atoms with Gasteiger partial charge in [-0.1, -0.05) is 6.92 Å². The van der Waals surface area contributed by atoms with Crippen molar-refractivity contribution < 1.29 is 14.2 Å². The summed E-state index contributed by atoms with van der Waals surface area (Å²) in [5, 5.41) is 10.0. The van der Waals surface area contributed by atoms with Crippen LogP contribution in [0.5, 0.6) is 5.75 Å². The van der Waals surface area contributed by atoms with E-state index in [0.29, 0.717) is 23.3 Å². The van der Waals surface area contributed by atoms with Gasteiger partial charge >= 0.3 is 0 Å². The van der Waals surface area contributed by atoms with Gasteiger partial charge in [-0.2, -0.15) is 0 Å². The maximum atomic E-state index is 13.7. The van der Waals surface area contributed by atoms with Crippen molar-refractivity contribution >= 4 is 0 Å². The van der Waals surface area contributed by atoms with Crippen molar-refractivity contribution in [1.29, 1.82) is 0 Å². The van der Waals surface area contributed by atoms with Crippen LogP contribution in [0.1, 0.15) is 37.5 Å². The Labute approximate surface area is 96.1 Å². The van der Waals surface area contributed by atoms with Crippen molar-refractivity contribution in [3.63, 3.8) is 0 Å². The number of halogens is 1. The summed E-state index contributed by atoms with van der Waals surface area (Å²) in [6.07, 6.45) is 0.698. The van der Waals surface area contributed by atoms with Gasteiger partial charge < -0.3 is 9.84 Å². The Hall–Kier alpha value is -1.09. The molecule has 1 N–H and O–H groups in total. The monoisotopic (exact) mass is 226 g/mol. The van der Waals surface area contributed by atoms with Gasteiger partial charge in [0.25, 0.3) is 0 Å². The van der Waals surface area contributed by atoms with Gasteiger partial charge in [0.2, 0.25) is 0 Å². The molecule has 0 aliphatic heterocycles. The Morgan fingerprint density at radius 1 is 1.44 bits per heavy atom. The van der Waals surface area contributed by atoms with Crippen molar-refractivity contribution in [2.75, 3.05) is 7.11 Å². The molecule has 0 bridgehead atoms. The fourth-order valence-electron chi connectivity index (χ4n) is 1.95. The highest BCUT2D eigenvalue weighted by atomic mass is 19.1. The second kappa shape index (κ2) is 4.42. The highest BCUT2D eigenvalue weighted by Gasteiger charge is 2.24. The standard InChI is InChI=1S/C13H19FO2/c1-6-9-10(13(3,4)15)7-11(14)8(2)12(9)16-5/h7,15H,6H2,1-5H3. The molecule has 2 nitrogen and oxygen atoms in total. The zero-order valence-corrected chi connectivity index (χ0v) is 10.5. The Morgan fingerprint density at radius 3 is 2.38 bits per heavy atom. The lowest BCUT2D eigenvalue weighted by molar-refractivity contribution is 0.0769. The van der Waals surface area contributed by atoms with E-state index in [4.69, 9.17) is 4.74 Å². The minimum atomic E-state index is -1.06. The molecule has 90 valence electrons. The van der Waals surface area contributed by atoms with Crippen LogP contribution in [-0.2, 0) is 12.0 Å². The zero-order chi connectivity index (χ0) is 12.5. The number of benzene rings is 1. The van der Waals surface area contributed by atoms with Crippen LogP contribution in [0, 0.1) is 12.7 Å². The van der Waals surface area contributed by atoms with Crippen LogP contribution in [0.15, 0.2) is 6.07 Å². The Bertz CT molecular complexity index is 392. The minimum Gasteiger partial charge on any atom is -0.496 e. The van der Waals surface area contributed by atoms with Gasteiger partial charge in [-0.05, 0) is 38.8 Å². The van der Waals surface area contributed by atoms with E-state index < -0.39 is 5.60 Å². The molecule has 1 aromatic carbocycles. The predicted octanol–water partition coefficient (Wildman–Crippen LogP) is 2.93. The number of aliphatic hydroxyl groups is 1. The molecule has 0 unspecified atom stereocenters. The highest BCUT2D eigenvalue weighted by molar-refractivity contribution is 5.48. The number of methoxy groups -OCH3 is 1. The van der Waals surface area contributed by atoms with Gasteiger partial charge in [0.1, 0.15) is 11.6 Å². The molecule has 0 amide bonds. The molecule has 0 radical (unpaired) electrons. The molecule has 0 spiro atoms. The van der Waals surface area contributed by atoms with Crippen molar-refractivity contribution in [3.05, 3.63) is 28.6 Å². The van der Waals surface area contributed by atoms with Crippen LogP contribution in [-0.4, -0.2) is 12.2 Å². The molecule has 1 rings (SSSR count). The van der Waals surface area contributed by atoms with Gasteiger partial charge in [0.05, 0.1) is 12.7 Å². The Balaban J connectivity index is 3.57. The van der Waals surface area contributed by atoms with E-state index in [2.05, 4.69) is 0 Å². The molecular formula is C13H19FO2. The van der Waals surface area contributed by atoms with Crippen LogP contribution in [0.2, 0.25) is 0 Å². The van der Waals surface area contributed by atoms with E-state index in [9.17, 15) is 9.50 Å². The average Bonchev–Trinajstić information content (AvgIpc) is 2.19. The predicted molar refractivity (Wildman–Crippen MR) is 62.3 cm³/mol. The van der Waals surface area contributed by atoms with Gasteiger partial charge in [-0.15, -0.1) is 0 Å². The summed E-state index contributed by atoms with van der Waals surface area (Å²) in [6, 6.07) is 1.40. The summed E-state index contributed by atoms with van der Waals surface area (Å²) in [4.78, 5) is 0. The van der Waals surface area contributed by atoms with E-state index in [1.807, 2.05) is 6.92 Å². The molecule has 0 saturated carbocycles. The third-order valence-electron chi connectivity index (χ3n) is 2.79. The smallest absolute Gasteiger partial charge is 0.130 e. The second-order valence-corrected chi connectivity index (χ2v) is 4.46. The number of ether oxygens (including phenoxy) is 1. The van der Waals surface area contributed by atoms with E-state index in [0.717, 1.165) is 5.56 Å². The summed E-state index contributed by atoms with van der Waals surface area (Å²) in [5.41, 5.74) is 0.892. The van der Waals surface area contributed by atoms with E-state index in [1.165, 1.54) is 13.2 Å². The fraction of sp³-hybridized carbons (Fsp3) is 0.538. The van der Waals surface area contributed by atoms with E-state index in [-0.39, 0.29) is 5.82 Å². The summed E-state index contributed by atoms with van der Waals surface area (Å²) in [6.45, 7) is 6.94. The fourth-order valence-corrected chi connectivity index (χ4v) is 1.95. The summed E-state index contributed by atoms with van der Waals surface area (Å²) in [5.74, 6) is 0.200. The first-order valence-corrected chi connectivity index (χ1v) is 5.41. The topological polar surface area (TPSA) is 29.5 Å². The average molecular weight is 226 g/mol. The summed E-state index contributed by atoms with van der Waals surface area (Å²) in [7, 11) is 1.52. The van der Waals surface area contributed by atoms with Crippen LogP contribution < -0.4 is 4.74 Å². The summed E-state index contributed by atoms with van der Waals surface area (Å²) < 4.78 is 18.9. The molecular weight excluding hydrogens is 207 g/mol. The first-order valence-electron chi connectivity index (χ1n) is 5.41. The van der Waals surface area contributed by atoms with Gasteiger partial charge in [0, 0.05) is 11.1 Å². The largest absolute Gasteiger partial charge is 0.496 e. The highest BCUT2D eigenvalue weighted by Crippen LogP contribution is 2.35. The third-order valence-corrected chi connectivity index (χ3v) is 2.79. The number of hydrogen-bond donors (Lipinski definition) is 1. The molecule has 0 aliphatic carbocycles. The van der Waals surface area contributed by atoms with Crippen LogP contribution in [0.4, 0.5) is 4.39 Å². The van der Waals surface area contributed by atoms with Crippen molar-refractivity contribution in [2.45, 2.75) is 39.7 Å². The summed E-state index contributed by atoms with van der Waals surface area (Å²) >= 11 is 0. The van der Waals surface area contributed by atoms with Crippen molar-refractivity contribution in [2.24, 2.45) is 0 Å². The maximum absolute atomic E-state index is 13.7. The van der Waals surface area contributed by atoms with Crippen LogP contribution in [0.3, 0.4) is 0 Å². The van der Waals surface area contributed by atoms with Crippen LogP contribution in [0.25, 0.3) is 0 Å². The van der Waals surface area contributed by atoms with Crippen LogP contribution >= 0.6 is 0 Å². The molecule has 1 aromatic rings. The maximum Gasteiger partial charge on any atom is 0.130 e. The first kappa shape index (κ1) is 13.0. The lowest BCUT2D eigenvalue weighted by Crippen LogP contribution is -2.19. The minimum absolute atomic E-state index is 0.342. The SMILES string of the molecule is CCc1c(C(C)(C)O)cc(F)c(C)c1OC. The molecule has 0 atom stereocenters. The van der Waals surface area contributed by atoms with Crippen molar-refractivity contribution in [1.82, 2.24) is 0 Å². The lowest BCUT2D eigenvalue weighted by Gasteiger charge is -2.24. The van der Waals surface area contributed by atoms with Gasteiger partial charge in [0.15, 0.2) is 0 Å². The molecule has 0 aliphatic rings. The van der Waals surface area contributed by atoms with E-state index >= 15 is 0 Å². The molecule has 0 heterocycles. The van der Waals surface area contributed by atoms with Gasteiger partial charge in [-0.3, -0.25) is 0 Å². The third kappa shape index (κ3) is 2.19. The molecule has 0 fully saturated rings. The molecule has 0 saturated heterocycles. The Kier molecular flexibility index (Phi) is 3.58. The molecule has 0 aromatic heterocycles. The second-order valence-electron chi connectivity index (χ2n) is 4.46. The number of rotatable bonds is 3. The van der Waals surface area contributed by atoms with E-state index in [1.54, 1.807) is 20.8 Å². The number of hydrogen-bond acceptors (Lipinski definition) is 2. The zero-order valence-electron chi connectivity index (χ0n) is 10.5. The first-order chi connectivity index (χ1) is 7.32. The molecule has 3 heteroatoms. The lowest BCUT2D eigenvalue weighted by atomic mass is 9.89.